The molecule has 2 heterocycles. The van der Waals surface area contributed by atoms with Gasteiger partial charge >= 0.3 is 0 Å². The molecule has 0 saturated carbocycles. The van der Waals surface area contributed by atoms with Crippen LogP contribution in [0.5, 0.6) is 5.75 Å². The Morgan fingerprint density at radius 2 is 2.11 bits per heavy atom. The molecule has 0 bridgehead atoms. The number of ether oxygens (including phenoxy) is 1. The average Bonchev–Trinajstić information content (AvgIpc) is 2.91. The second kappa shape index (κ2) is 4.93. The minimum Gasteiger partial charge on any atom is -0.494 e. The SMILES string of the molecule is CCOc1ccc(Nc2nccn3cnnc23)cc1. The number of fused-ring (bicyclic) bond motifs is 1. The van der Waals surface area contributed by atoms with Gasteiger partial charge in [0.2, 0.25) is 5.65 Å². The average molecular weight is 255 g/mol. The highest BCUT2D eigenvalue weighted by Crippen LogP contribution is 2.20. The Hall–Kier alpha value is -2.63. The van der Waals surface area contributed by atoms with Crippen LogP contribution in [-0.4, -0.2) is 26.2 Å². The predicted molar refractivity (Wildman–Crippen MR) is 71.7 cm³/mol. The number of aromatic nitrogens is 4. The molecule has 6 heteroatoms. The molecule has 0 aliphatic carbocycles. The summed E-state index contributed by atoms with van der Waals surface area (Å²) in [6.07, 6.45) is 5.15. The molecule has 0 aliphatic heterocycles. The molecule has 0 unspecified atom stereocenters. The van der Waals surface area contributed by atoms with E-state index in [1.165, 1.54) is 0 Å². The molecule has 96 valence electrons. The minimum absolute atomic E-state index is 0.660. The normalized spacial score (nSPS) is 10.6. The lowest BCUT2D eigenvalue weighted by atomic mass is 10.3. The van der Waals surface area contributed by atoms with Crippen LogP contribution in [0.2, 0.25) is 0 Å². The highest BCUT2D eigenvalue weighted by Gasteiger charge is 2.04. The molecule has 0 amide bonds. The smallest absolute Gasteiger partial charge is 0.203 e. The molecule has 0 fully saturated rings. The quantitative estimate of drug-likeness (QED) is 0.774. The van der Waals surface area contributed by atoms with Crippen LogP contribution in [-0.2, 0) is 0 Å². The third-order valence-corrected chi connectivity index (χ3v) is 2.64. The molecule has 19 heavy (non-hydrogen) atoms. The molecule has 1 N–H and O–H groups in total. The van der Waals surface area contributed by atoms with Crippen molar-refractivity contribution in [3.05, 3.63) is 43.0 Å². The van der Waals surface area contributed by atoms with Crippen molar-refractivity contribution in [3.63, 3.8) is 0 Å². The van der Waals surface area contributed by atoms with Crippen molar-refractivity contribution in [3.8, 4) is 5.75 Å². The first kappa shape index (κ1) is 11.5. The lowest BCUT2D eigenvalue weighted by molar-refractivity contribution is 0.340. The molecule has 6 nitrogen and oxygen atoms in total. The zero-order chi connectivity index (χ0) is 13.1. The molecule has 0 aliphatic rings. The van der Waals surface area contributed by atoms with Gasteiger partial charge in [-0.05, 0) is 31.2 Å². The second-order valence-electron chi connectivity index (χ2n) is 3.92. The Bertz CT molecular complexity index is 677. The number of nitrogens with zero attached hydrogens (tertiary/aromatic N) is 4. The molecule has 2 aromatic heterocycles. The van der Waals surface area contributed by atoms with Gasteiger partial charge in [-0.2, -0.15) is 0 Å². The van der Waals surface area contributed by atoms with Gasteiger partial charge in [-0.1, -0.05) is 0 Å². The Morgan fingerprint density at radius 3 is 2.89 bits per heavy atom. The molecule has 0 radical (unpaired) electrons. The van der Waals surface area contributed by atoms with Crippen LogP contribution in [0.25, 0.3) is 5.65 Å². The van der Waals surface area contributed by atoms with Crippen molar-refractivity contribution in [2.75, 3.05) is 11.9 Å². The zero-order valence-electron chi connectivity index (χ0n) is 10.4. The first-order valence-electron chi connectivity index (χ1n) is 6.01. The summed E-state index contributed by atoms with van der Waals surface area (Å²) in [5, 5.41) is 11.1. The molecule has 3 rings (SSSR count). The second-order valence-corrected chi connectivity index (χ2v) is 3.92. The van der Waals surface area contributed by atoms with Gasteiger partial charge < -0.3 is 10.1 Å². The Kier molecular flexibility index (Phi) is 2.97. The van der Waals surface area contributed by atoms with Crippen LogP contribution in [0, 0.1) is 0 Å². The third kappa shape index (κ3) is 2.33. The summed E-state index contributed by atoms with van der Waals surface area (Å²) in [5.41, 5.74) is 1.61. The Balaban J connectivity index is 1.86. The van der Waals surface area contributed by atoms with Gasteiger partial charge in [-0.25, -0.2) is 4.98 Å². The summed E-state index contributed by atoms with van der Waals surface area (Å²) in [6, 6.07) is 7.70. The van der Waals surface area contributed by atoms with Crippen LogP contribution in [0.3, 0.4) is 0 Å². The van der Waals surface area contributed by atoms with E-state index in [-0.39, 0.29) is 0 Å². The van der Waals surface area contributed by atoms with Crippen LogP contribution in [0.4, 0.5) is 11.5 Å². The summed E-state index contributed by atoms with van der Waals surface area (Å²) in [6.45, 7) is 2.62. The van der Waals surface area contributed by atoms with Crippen LogP contribution in [0.15, 0.2) is 43.0 Å². The summed E-state index contributed by atoms with van der Waals surface area (Å²) in [5.74, 6) is 1.52. The van der Waals surface area contributed by atoms with Gasteiger partial charge in [0.25, 0.3) is 0 Å². The molecule has 3 aromatic rings. The van der Waals surface area contributed by atoms with Gasteiger partial charge in [0.1, 0.15) is 12.1 Å². The van der Waals surface area contributed by atoms with Gasteiger partial charge in [0.05, 0.1) is 6.61 Å². The number of hydrogen-bond acceptors (Lipinski definition) is 5. The molecular formula is C13H13N5O. The summed E-state index contributed by atoms with van der Waals surface area (Å²) < 4.78 is 7.21. The molecular weight excluding hydrogens is 242 g/mol. The maximum atomic E-state index is 5.40. The van der Waals surface area contributed by atoms with Crippen molar-refractivity contribution in [1.82, 2.24) is 19.6 Å². The van der Waals surface area contributed by atoms with Crippen LogP contribution in [0.1, 0.15) is 6.92 Å². The van der Waals surface area contributed by atoms with Crippen LogP contribution < -0.4 is 10.1 Å². The highest BCUT2D eigenvalue weighted by molar-refractivity contribution is 5.69. The largest absolute Gasteiger partial charge is 0.494 e. The van der Waals surface area contributed by atoms with Gasteiger partial charge in [0, 0.05) is 18.1 Å². The standard InChI is InChI=1S/C13H13N5O/c1-2-19-11-5-3-10(4-6-11)16-12-13-17-15-9-18(13)8-7-14-12/h3-9H,2H2,1H3,(H,14,16). The van der Waals surface area contributed by atoms with Gasteiger partial charge in [0.15, 0.2) is 5.82 Å². The van der Waals surface area contributed by atoms with E-state index in [0.717, 1.165) is 11.4 Å². The van der Waals surface area contributed by atoms with E-state index in [0.29, 0.717) is 18.1 Å². The molecule has 0 saturated heterocycles. The van der Waals surface area contributed by atoms with E-state index >= 15 is 0 Å². The summed E-state index contributed by atoms with van der Waals surface area (Å²) in [7, 11) is 0. The third-order valence-electron chi connectivity index (χ3n) is 2.64. The van der Waals surface area contributed by atoms with Crippen molar-refractivity contribution >= 4 is 17.2 Å². The molecule has 0 atom stereocenters. The lowest BCUT2D eigenvalue weighted by Crippen LogP contribution is -1.98. The topological polar surface area (TPSA) is 64.3 Å². The molecule has 1 aromatic carbocycles. The van der Waals surface area contributed by atoms with Gasteiger partial charge in [-0.15, -0.1) is 10.2 Å². The fourth-order valence-electron chi connectivity index (χ4n) is 1.78. The van der Waals surface area contributed by atoms with E-state index in [4.69, 9.17) is 4.74 Å². The van der Waals surface area contributed by atoms with E-state index in [1.54, 1.807) is 18.7 Å². The van der Waals surface area contributed by atoms with E-state index in [9.17, 15) is 0 Å². The minimum atomic E-state index is 0.660. The van der Waals surface area contributed by atoms with Gasteiger partial charge in [-0.3, -0.25) is 4.40 Å². The van der Waals surface area contributed by atoms with Crippen LogP contribution >= 0.6 is 0 Å². The molecule has 0 spiro atoms. The fraction of sp³-hybridized carbons (Fsp3) is 0.154. The van der Waals surface area contributed by atoms with E-state index in [2.05, 4.69) is 20.5 Å². The number of hydrogen-bond donors (Lipinski definition) is 1. The van der Waals surface area contributed by atoms with Crippen molar-refractivity contribution in [1.29, 1.82) is 0 Å². The lowest BCUT2D eigenvalue weighted by Gasteiger charge is -2.07. The first-order valence-corrected chi connectivity index (χ1v) is 6.01. The Labute approximate surface area is 110 Å². The summed E-state index contributed by atoms with van der Waals surface area (Å²) in [4.78, 5) is 4.27. The number of anilines is 2. The maximum absolute atomic E-state index is 5.40. The summed E-state index contributed by atoms with van der Waals surface area (Å²) >= 11 is 0. The van der Waals surface area contributed by atoms with E-state index < -0.39 is 0 Å². The van der Waals surface area contributed by atoms with Crippen molar-refractivity contribution in [2.45, 2.75) is 6.92 Å². The number of nitrogens with one attached hydrogen (secondary N) is 1. The first-order chi connectivity index (χ1) is 9.36. The number of rotatable bonds is 4. The zero-order valence-corrected chi connectivity index (χ0v) is 10.4. The monoisotopic (exact) mass is 255 g/mol. The maximum Gasteiger partial charge on any atom is 0.203 e. The van der Waals surface area contributed by atoms with Crippen molar-refractivity contribution < 1.29 is 4.74 Å². The number of benzene rings is 1. The predicted octanol–water partition coefficient (Wildman–Crippen LogP) is 2.27. The highest BCUT2D eigenvalue weighted by atomic mass is 16.5. The van der Waals surface area contributed by atoms with Crippen molar-refractivity contribution in [2.24, 2.45) is 0 Å². The fourth-order valence-corrected chi connectivity index (χ4v) is 1.78. The Morgan fingerprint density at radius 1 is 1.26 bits per heavy atom. The van der Waals surface area contributed by atoms with E-state index in [1.807, 2.05) is 35.6 Å².